The van der Waals surface area contributed by atoms with Crippen molar-refractivity contribution in [2.75, 3.05) is 13.2 Å². The molecule has 0 saturated carbocycles. The molecule has 8 nitrogen and oxygen atoms in total. The molecule has 0 heterocycles. The second kappa shape index (κ2) is 46.1. The van der Waals surface area contributed by atoms with Gasteiger partial charge in [-0.2, -0.15) is 0 Å². The standard InChI is InChI=1S/C21H40O4.C18H36O2.C2H4O2/c1-2-3-4-5-6-7-8-9-10-11-12-13-14-15-16-17-21(24)25-19-20(23)18-22;1-2-3-4-5-6-7-8-9-10-11-12-13-14-15-16-17-18(19)20;1-2(3)4/h9-10,20,22-23H,2-8,11-19H2,1H3;2-17H2,1H3,(H,19,20);1H3,(H,3,4). The van der Waals surface area contributed by atoms with Gasteiger partial charge < -0.3 is 25.2 Å². The van der Waals surface area contributed by atoms with E-state index in [1.54, 1.807) is 0 Å². The van der Waals surface area contributed by atoms with Crippen molar-refractivity contribution in [2.45, 2.75) is 219 Å². The number of carbonyl (C=O) groups is 3. The molecule has 0 aliphatic carbocycles. The van der Waals surface area contributed by atoms with E-state index in [4.69, 9.17) is 30.0 Å². The number of rotatable bonds is 34. The summed E-state index contributed by atoms with van der Waals surface area (Å²) in [5, 5.41) is 33.6. The molecule has 1 atom stereocenters. The quantitative estimate of drug-likeness (QED) is 0.0295. The summed E-state index contributed by atoms with van der Waals surface area (Å²) in [7, 11) is 0. The first-order valence-corrected chi connectivity index (χ1v) is 20.2. The van der Waals surface area contributed by atoms with Crippen LogP contribution in [0.4, 0.5) is 0 Å². The number of aliphatic hydroxyl groups excluding tert-OH is 2. The number of ether oxygens (including phenoxy) is 1. The number of aliphatic carboxylic acids is 2. The maximum Gasteiger partial charge on any atom is 0.305 e. The highest BCUT2D eigenvalue weighted by Gasteiger charge is 2.07. The number of unbranched alkanes of at least 4 members (excludes halogenated alkanes) is 25. The van der Waals surface area contributed by atoms with E-state index in [0.29, 0.717) is 12.8 Å². The fraction of sp³-hybridized carbons (Fsp3) is 0.878. The maximum atomic E-state index is 11.4. The van der Waals surface area contributed by atoms with E-state index in [1.165, 1.54) is 141 Å². The SMILES string of the molecule is CC(=O)O.CCCCCCCCC=CCCCCCCCC(=O)OCC(O)CO.CCCCCCCCCCCCCCCCCC(=O)O. The smallest absolute Gasteiger partial charge is 0.305 e. The highest BCUT2D eigenvalue weighted by molar-refractivity contribution is 5.69. The van der Waals surface area contributed by atoms with Crippen molar-refractivity contribution in [3.8, 4) is 0 Å². The minimum atomic E-state index is -0.960. The van der Waals surface area contributed by atoms with Crippen LogP contribution in [0.2, 0.25) is 0 Å². The van der Waals surface area contributed by atoms with E-state index >= 15 is 0 Å². The van der Waals surface area contributed by atoms with Crippen LogP contribution >= 0.6 is 0 Å². The lowest BCUT2D eigenvalue weighted by Crippen LogP contribution is -2.21. The lowest BCUT2D eigenvalue weighted by atomic mass is 10.0. The van der Waals surface area contributed by atoms with Crippen LogP contribution in [0.3, 0.4) is 0 Å². The first-order chi connectivity index (χ1) is 23.7. The Morgan fingerprint density at radius 1 is 0.531 bits per heavy atom. The molecule has 0 spiro atoms. The summed E-state index contributed by atoms with van der Waals surface area (Å²) < 4.78 is 4.86. The average Bonchev–Trinajstić information content (AvgIpc) is 3.07. The van der Waals surface area contributed by atoms with Crippen molar-refractivity contribution >= 4 is 17.9 Å². The lowest BCUT2D eigenvalue weighted by molar-refractivity contribution is -0.147. The summed E-state index contributed by atoms with van der Waals surface area (Å²) in [5.41, 5.74) is 0. The van der Waals surface area contributed by atoms with Crippen LogP contribution in [0.25, 0.3) is 0 Å². The number of carboxylic acids is 2. The van der Waals surface area contributed by atoms with Gasteiger partial charge in [-0.05, 0) is 38.5 Å². The Labute approximate surface area is 301 Å². The van der Waals surface area contributed by atoms with Crippen LogP contribution in [-0.4, -0.2) is 57.7 Å². The van der Waals surface area contributed by atoms with Gasteiger partial charge in [0.15, 0.2) is 0 Å². The first-order valence-electron chi connectivity index (χ1n) is 20.2. The predicted octanol–water partition coefficient (Wildman–Crippen LogP) is 11.3. The molecule has 0 aliphatic rings. The molecule has 8 heteroatoms. The fourth-order valence-electron chi connectivity index (χ4n) is 5.30. The zero-order valence-corrected chi connectivity index (χ0v) is 32.3. The van der Waals surface area contributed by atoms with Crippen LogP contribution in [0.15, 0.2) is 12.2 Å². The van der Waals surface area contributed by atoms with Crippen LogP contribution in [-0.2, 0) is 19.1 Å². The second-order valence-corrected chi connectivity index (χ2v) is 13.5. The average molecular weight is 701 g/mol. The summed E-state index contributed by atoms with van der Waals surface area (Å²) in [6, 6.07) is 0. The van der Waals surface area contributed by atoms with E-state index in [1.807, 2.05) is 0 Å². The zero-order chi connectivity index (χ0) is 37.1. The number of allylic oxidation sites excluding steroid dienone is 2. The second-order valence-electron chi connectivity index (χ2n) is 13.5. The Morgan fingerprint density at radius 3 is 1.16 bits per heavy atom. The summed E-state index contributed by atoms with van der Waals surface area (Å²) >= 11 is 0. The minimum Gasteiger partial charge on any atom is -0.481 e. The minimum absolute atomic E-state index is 0.111. The molecule has 0 saturated heterocycles. The van der Waals surface area contributed by atoms with Crippen LogP contribution in [0.5, 0.6) is 0 Å². The highest BCUT2D eigenvalue weighted by atomic mass is 16.5. The van der Waals surface area contributed by atoms with E-state index in [9.17, 15) is 9.59 Å². The van der Waals surface area contributed by atoms with Gasteiger partial charge in [0, 0.05) is 19.8 Å². The number of carbonyl (C=O) groups excluding carboxylic acids is 1. The molecule has 0 aromatic rings. The van der Waals surface area contributed by atoms with Crippen LogP contribution in [0.1, 0.15) is 213 Å². The molecule has 1 unspecified atom stereocenters. The Balaban J connectivity index is -0.000000792. The van der Waals surface area contributed by atoms with Gasteiger partial charge in [0.2, 0.25) is 0 Å². The van der Waals surface area contributed by atoms with Crippen molar-refractivity contribution in [2.24, 2.45) is 0 Å². The number of aliphatic hydroxyl groups is 2. The highest BCUT2D eigenvalue weighted by Crippen LogP contribution is 2.14. The number of carboxylic acid groups (broad SMARTS) is 2. The number of hydrogen-bond acceptors (Lipinski definition) is 6. The molecule has 0 rings (SSSR count). The summed E-state index contributed by atoms with van der Waals surface area (Å²) in [4.78, 5) is 30.7. The zero-order valence-electron chi connectivity index (χ0n) is 32.3. The van der Waals surface area contributed by atoms with E-state index in [-0.39, 0.29) is 19.2 Å². The summed E-state index contributed by atoms with van der Waals surface area (Å²) in [5.74, 6) is -1.77. The third-order valence-corrected chi connectivity index (χ3v) is 8.28. The molecule has 0 aliphatic heterocycles. The number of esters is 1. The van der Waals surface area contributed by atoms with Crippen LogP contribution in [0, 0.1) is 0 Å². The molecule has 49 heavy (non-hydrogen) atoms. The molecule has 0 amide bonds. The molecule has 0 fully saturated rings. The summed E-state index contributed by atoms with van der Waals surface area (Å²) in [6.45, 7) is 5.12. The van der Waals surface area contributed by atoms with Gasteiger partial charge >= 0.3 is 11.9 Å². The summed E-state index contributed by atoms with van der Waals surface area (Å²) in [6.07, 6.45) is 40.3. The van der Waals surface area contributed by atoms with Gasteiger partial charge in [0.1, 0.15) is 12.7 Å². The Bertz CT molecular complexity index is 706. The normalized spacial score (nSPS) is 11.4. The molecule has 0 aromatic carbocycles. The first kappa shape index (κ1) is 51.4. The van der Waals surface area contributed by atoms with E-state index in [2.05, 4.69) is 26.0 Å². The largest absolute Gasteiger partial charge is 0.481 e. The lowest BCUT2D eigenvalue weighted by Gasteiger charge is -2.08. The predicted molar refractivity (Wildman–Crippen MR) is 204 cm³/mol. The van der Waals surface area contributed by atoms with Crippen LogP contribution < -0.4 is 0 Å². The fourth-order valence-corrected chi connectivity index (χ4v) is 5.30. The Morgan fingerprint density at radius 2 is 0.837 bits per heavy atom. The Kier molecular flexibility index (Phi) is 48.4. The third kappa shape index (κ3) is 58.6. The van der Waals surface area contributed by atoms with Gasteiger partial charge in [-0.3, -0.25) is 14.4 Å². The van der Waals surface area contributed by atoms with E-state index < -0.39 is 18.0 Å². The van der Waals surface area contributed by atoms with Gasteiger partial charge in [0.05, 0.1) is 6.61 Å². The van der Waals surface area contributed by atoms with Crippen molar-refractivity contribution in [1.29, 1.82) is 0 Å². The molecule has 4 N–H and O–H groups in total. The van der Waals surface area contributed by atoms with Crippen molar-refractivity contribution < 1.29 is 39.5 Å². The van der Waals surface area contributed by atoms with Crippen molar-refractivity contribution in [3.63, 3.8) is 0 Å². The topological polar surface area (TPSA) is 141 Å². The monoisotopic (exact) mass is 701 g/mol. The number of hydrogen-bond donors (Lipinski definition) is 4. The van der Waals surface area contributed by atoms with Gasteiger partial charge in [-0.25, -0.2) is 0 Å². The van der Waals surface area contributed by atoms with E-state index in [0.717, 1.165) is 45.4 Å². The molecule has 0 bridgehead atoms. The van der Waals surface area contributed by atoms with Gasteiger partial charge in [0.25, 0.3) is 5.97 Å². The van der Waals surface area contributed by atoms with Crippen molar-refractivity contribution in [1.82, 2.24) is 0 Å². The Hall–Kier alpha value is -1.93. The molecular formula is C41H80O8. The molecule has 0 aromatic heterocycles. The maximum absolute atomic E-state index is 11.4. The molecule has 292 valence electrons. The van der Waals surface area contributed by atoms with Gasteiger partial charge in [-0.15, -0.1) is 0 Å². The molecule has 0 radical (unpaired) electrons. The van der Waals surface area contributed by atoms with Gasteiger partial charge in [-0.1, -0.05) is 167 Å². The third-order valence-electron chi connectivity index (χ3n) is 8.28. The van der Waals surface area contributed by atoms with Crippen molar-refractivity contribution in [3.05, 3.63) is 12.2 Å². The molecular weight excluding hydrogens is 620 g/mol.